The quantitative estimate of drug-likeness (QED) is 0.527. The maximum atomic E-state index is 12.4. The number of carboxylic acids is 1. The van der Waals surface area contributed by atoms with Gasteiger partial charge >= 0.3 is 14.0 Å². The molecule has 2 rings (SSSR count). The van der Waals surface area contributed by atoms with Crippen LogP contribution >= 0.6 is 8.03 Å². The molecule has 0 radical (unpaired) electrons. The highest BCUT2D eigenvalue weighted by molar-refractivity contribution is 7.38. The smallest absolute Gasteiger partial charge is 0.481 e. The minimum atomic E-state index is -2.22. The molecule has 2 aromatic rings. The van der Waals surface area contributed by atoms with Crippen molar-refractivity contribution >= 4 is 19.9 Å². The normalized spacial score (nSPS) is 12.2. The zero-order valence-electron chi connectivity index (χ0n) is 15.3. The predicted octanol–water partition coefficient (Wildman–Crippen LogP) is 3.12. The monoisotopic (exact) mass is 404 g/mol. The fourth-order valence-electron chi connectivity index (χ4n) is 2.40. The first-order valence-corrected chi connectivity index (χ1v) is 10.2. The van der Waals surface area contributed by atoms with Gasteiger partial charge in [-0.1, -0.05) is 60.7 Å². The van der Waals surface area contributed by atoms with Crippen LogP contribution in [0.15, 0.2) is 60.7 Å². The molecule has 0 saturated heterocycles. The van der Waals surface area contributed by atoms with Crippen molar-refractivity contribution < 1.29 is 28.5 Å². The summed E-state index contributed by atoms with van der Waals surface area (Å²) in [5, 5.41) is 11.2. The zero-order valence-corrected chi connectivity index (χ0v) is 16.2. The van der Waals surface area contributed by atoms with Gasteiger partial charge in [-0.05, 0) is 15.7 Å². The standard InChI is InChI=1S/C20H22NO6P/c22-19(23)11-12-21-20(24)18(13-16-7-3-1-4-8-16)27-28(25)15-26-14-17-9-5-2-6-10-17/h1-10,18H,11-15H2,(H-,21,22,23,24)/p+1. The molecule has 0 aliphatic carbocycles. The number of hydrogen-bond acceptors (Lipinski definition) is 5. The average molecular weight is 404 g/mol. The van der Waals surface area contributed by atoms with E-state index in [0.717, 1.165) is 11.1 Å². The van der Waals surface area contributed by atoms with Crippen LogP contribution in [0, 0.1) is 0 Å². The number of nitrogens with one attached hydrogen (secondary N) is 1. The van der Waals surface area contributed by atoms with Crippen LogP contribution in [-0.4, -0.2) is 36.0 Å². The average Bonchev–Trinajstić information content (AvgIpc) is 2.69. The molecule has 2 atom stereocenters. The van der Waals surface area contributed by atoms with Crippen molar-refractivity contribution in [3.63, 3.8) is 0 Å². The van der Waals surface area contributed by atoms with Crippen LogP contribution in [0.5, 0.6) is 0 Å². The highest BCUT2D eigenvalue weighted by atomic mass is 31.1. The molecule has 8 heteroatoms. The molecule has 0 fully saturated rings. The molecule has 7 nitrogen and oxygen atoms in total. The summed E-state index contributed by atoms with van der Waals surface area (Å²) < 4.78 is 23.1. The molecular formula is C20H23NO6P+. The predicted molar refractivity (Wildman–Crippen MR) is 104 cm³/mol. The summed E-state index contributed by atoms with van der Waals surface area (Å²) in [7, 11) is -2.22. The highest BCUT2D eigenvalue weighted by Crippen LogP contribution is 2.26. The molecule has 2 aromatic carbocycles. The summed E-state index contributed by atoms with van der Waals surface area (Å²) in [6, 6.07) is 18.6. The molecule has 0 bridgehead atoms. The number of benzene rings is 2. The Morgan fingerprint density at radius 1 is 1.00 bits per heavy atom. The Balaban J connectivity index is 1.88. The molecular weight excluding hydrogens is 381 g/mol. The molecule has 0 aromatic heterocycles. The Morgan fingerprint density at radius 3 is 2.21 bits per heavy atom. The molecule has 0 spiro atoms. The van der Waals surface area contributed by atoms with Crippen LogP contribution in [-0.2, 0) is 36.4 Å². The van der Waals surface area contributed by atoms with E-state index in [2.05, 4.69) is 5.32 Å². The lowest BCUT2D eigenvalue weighted by molar-refractivity contribution is -0.137. The second-order valence-electron chi connectivity index (χ2n) is 6.01. The number of rotatable bonds is 12. The topological polar surface area (TPSA) is 102 Å². The lowest BCUT2D eigenvalue weighted by atomic mass is 10.1. The van der Waals surface area contributed by atoms with E-state index in [-0.39, 0.29) is 25.7 Å². The lowest BCUT2D eigenvalue weighted by Crippen LogP contribution is -2.38. The van der Waals surface area contributed by atoms with Crippen molar-refractivity contribution in [2.24, 2.45) is 0 Å². The molecule has 2 unspecified atom stereocenters. The van der Waals surface area contributed by atoms with Gasteiger partial charge < -0.3 is 15.2 Å². The van der Waals surface area contributed by atoms with Gasteiger partial charge in [0.15, 0.2) is 6.10 Å². The number of hydrogen-bond donors (Lipinski definition) is 2. The van der Waals surface area contributed by atoms with E-state index in [9.17, 15) is 14.2 Å². The fraction of sp³-hybridized carbons (Fsp3) is 0.300. The van der Waals surface area contributed by atoms with Gasteiger partial charge in [-0.25, -0.2) is 0 Å². The van der Waals surface area contributed by atoms with Gasteiger partial charge in [0.25, 0.3) is 12.3 Å². The second-order valence-corrected chi connectivity index (χ2v) is 7.15. The van der Waals surface area contributed by atoms with E-state index in [1.54, 1.807) is 0 Å². The first-order chi connectivity index (χ1) is 13.5. The third-order valence-electron chi connectivity index (χ3n) is 3.75. The Labute approximate surface area is 164 Å². The SMILES string of the molecule is O=C(O)CCNC(=O)C(Cc1ccccc1)O[P+](=O)COCc1ccccc1. The van der Waals surface area contributed by atoms with Crippen LogP contribution in [0.25, 0.3) is 0 Å². The summed E-state index contributed by atoms with van der Waals surface area (Å²) in [6.45, 7) is 0.267. The molecule has 0 aliphatic rings. The third-order valence-corrected chi connectivity index (χ3v) is 4.63. The lowest BCUT2D eigenvalue weighted by Gasteiger charge is -2.12. The number of carbonyl (C=O) groups is 2. The van der Waals surface area contributed by atoms with Crippen molar-refractivity contribution in [3.8, 4) is 0 Å². The molecule has 148 valence electrons. The number of carbonyl (C=O) groups excluding carboxylic acids is 1. The highest BCUT2D eigenvalue weighted by Gasteiger charge is 2.31. The van der Waals surface area contributed by atoms with Gasteiger partial charge in [0.2, 0.25) is 0 Å². The van der Waals surface area contributed by atoms with Crippen molar-refractivity contribution in [1.29, 1.82) is 0 Å². The molecule has 0 aliphatic heterocycles. The Morgan fingerprint density at radius 2 is 1.61 bits per heavy atom. The van der Waals surface area contributed by atoms with E-state index in [1.807, 2.05) is 60.7 Å². The minimum Gasteiger partial charge on any atom is -0.481 e. The molecule has 0 heterocycles. The fourth-order valence-corrected chi connectivity index (χ4v) is 3.15. The van der Waals surface area contributed by atoms with E-state index < -0.39 is 26.0 Å². The molecule has 1 amide bonds. The van der Waals surface area contributed by atoms with Crippen molar-refractivity contribution in [2.75, 3.05) is 12.9 Å². The van der Waals surface area contributed by atoms with Crippen molar-refractivity contribution in [3.05, 3.63) is 71.8 Å². The van der Waals surface area contributed by atoms with Gasteiger partial charge in [-0.3, -0.25) is 9.59 Å². The molecule has 28 heavy (non-hydrogen) atoms. The summed E-state index contributed by atoms with van der Waals surface area (Å²) in [4.78, 5) is 23.0. The van der Waals surface area contributed by atoms with E-state index >= 15 is 0 Å². The Bertz CT molecular complexity index is 769. The first kappa shape index (κ1) is 21.7. The maximum absolute atomic E-state index is 12.4. The largest absolute Gasteiger partial charge is 0.537 e. The summed E-state index contributed by atoms with van der Waals surface area (Å²) in [6.07, 6.45) is -1.12. The van der Waals surface area contributed by atoms with Crippen LogP contribution < -0.4 is 5.32 Å². The van der Waals surface area contributed by atoms with Crippen LogP contribution in [0.1, 0.15) is 17.5 Å². The Hall–Kier alpha value is -2.60. The van der Waals surface area contributed by atoms with Crippen molar-refractivity contribution in [1.82, 2.24) is 5.32 Å². The number of aliphatic carboxylic acids is 1. The summed E-state index contributed by atoms with van der Waals surface area (Å²) >= 11 is 0. The molecule has 0 saturated carbocycles. The Kier molecular flexibility index (Phi) is 9.28. The van der Waals surface area contributed by atoms with Crippen LogP contribution in [0.3, 0.4) is 0 Å². The van der Waals surface area contributed by atoms with E-state index in [0.29, 0.717) is 6.61 Å². The minimum absolute atomic E-state index is 0.0237. The number of carboxylic acid groups (broad SMARTS) is 1. The van der Waals surface area contributed by atoms with Crippen LogP contribution in [0.2, 0.25) is 0 Å². The second kappa shape index (κ2) is 12.0. The van der Waals surface area contributed by atoms with E-state index in [1.165, 1.54) is 0 Å². The van der Waals surface area contributed by atoms with Gasteiger partial charge in [-0.15, -0.1) is 4.52 Å². The number of amides is 1. The van der Waals surface area contributed by atoms with Gasteiger partial charge in [-0.2, -0.15) is 0 Å². The van der Waals surface area contributed by atoms with Crippen LogP contribution in [0.4, 0.5) is 0 Å². The summed E-state index contributed by atoms with van der Waals surface area (Å²) in [5.74, 6) is -1.52. The van der Waals surface area contributed by atoms with E-state index in [4.69, 9.17) is 14.4 Å². The third kappa shape index (κ3) is 8.39. The zero-order chi connectivity index (χ0) is 20.2. The van der Waals surface area contributed by atoms with Gasteiger partial charge in [0.05, 0.1) is 13.0 Å². The summed E-state index contributed by atoms with van der Waals surface area (Å²) in [5.41, 5.74) is 1.78. The van der Waals surface area contributed by atoms with Crippen molar-refractivity contribution in [2.45, 2.75) is 25.6 Å². The van der Waals surface area contributed by atoms with Gasteiger partial charge in [0, 0.05) is 13.0 Å². The first-order valence-electron chi connectivity index (χ1n) is 8.81. The molecule has 2 N–H and O–H groups in total. The maximum Gasteiger partial charge on any atom is 0.537 e. The number of ether oxygens (including phenoxy) is 1. The van der Waals surface area contributed by atoms with Gasteiger partial charge in [0.1, 0.15) is 0 Å².